The molecule has 126 valence electrons. The van der Waals surface area contributed by atoms with Crippen LogP contribution in [0.1, 0.15) is 23.2 Å². The molecule has 1 saturated heterocycles. The minimum Gasteiger partial charge on any atom is -0.480 e. The van der Waals surface area contributed by atoms with Crippen LogP contribution in [0.2, 0.25) is 0 Å². The standard InChI is InChI=1S/C16H18N4O4/c21-15(19-14(16(22)23)12-4-2-6-24-8-12)11-3-1-5-13(7-11)20-10-17-9-18-20/h1,3,5,7,9-10,12,14H,2,4,6,8H2,(H,19,21)(H,22,23)/t12-,14+/m0/s1. The second kappa shape index (κ2) is 7.22. The van der Waals surface area contributed by atoms with Crippen LogP contribution in [-0.4, -0.2) is 51.0 Å². The van der Waals surface area contributed by atoms with Crippen molar-refractivity contribution >= 4 is 11.9 Å². The molecule has 1 aromatic heterocycles. The third-order valence-corrected chi connectivity index (χ3v) is 4.01. The average Bonchev–Trinajstić information content (AvgIpc) is 3.15. The van der Waals surface area contributed by atoms with E-state index in [0.717, 1.165) is 12.8 Å². The topological polar surface area (TPSA) is 106 Å². The number of hydrogen-bond donors (Lipinski definition) is 2. The lowest BCUT2D eigenvalue weighted by molar-refractivity contribution is -0.142. The van der Waals surface area contributed by atoms with Crippen molar-refractivity contribution in [2.24, 2.45) is 5.92 Å². The maximum Gasteiger partial charge on any atom is 0.326 e. The number of nitrogens with one attached hydrogen (secondary N) is 1. The molecule has 3 rings (SSSR count). The number of benzene rings is 1. The van der Waals surface area contributed by atoms with Gasteiger partial charge in [-0.2, -0.15) is 5.10 Å². The summed E-state index contributed by atoms with van der Waals surface area (Å²) in [6, 6.07) is 5.81. The van der Waals surface area contributed by atoms with Crippen molar-refractivity contribution in [1.82, 2.24) is 20.1 Å². The van der Waals surface area contributed by atoms with Gasteiger partial charge in [0.2, 0.25) is 0 Å². The van der Waals surface area contributed by atoms with E-state index in [4.69, 9.17) is 4.74 Å². The van der Waals surface area contributed by atoms with E-state index in [1.807, 2.05) is 0 Å². The summed E-state index contributed by atoms with van der Waals surface area (Å²) >= 11 is 0. The summed E-state index contributed by atoms with van der Waals surface area (Å²) in [6.45, 7) is 0.979. The number of aliphatic carboxylic acids is 1. The Balaban J connectivity index is 1.75. The van der Waals surface area contributed by atoms with Crippen LogP contribution < -0.4 is 5.32 Å². The monoisotopic (exact) mass is 330 g/mol. The summed E-state index contributed by atoms with van der Waals surface area (Å²) in [5, 5.41) is 16.1. The lowest BCUT2D eigenvalue weighted by Gasteiger charge is -2.28. The second-order valence-electron chi connectivity index (χ2n) is 5.66. The molecular formula is C16H18N4O4. The Hall–Kier alpha value is -2.74. The number of ether oxygens (including phenoxy) is 1. The summed E-state index contributed by atoms with van der Waals surface area (Å²) < 4.78 is 6.86. The molecule has 2 aromatic rings. The largest absolute Gasteiger partial charge is 0.480 e. The van der Waals surface area contributed by atoms with Crippen LogP contribution in [-0.2, 0) is 9.53 Å². The van der Waals surface area contributed by atoms with Gasteiger partial charge >= 0.3 is 5.97 Å². The fraction of sp³-hybridized carbons (Fsp3) is 0.375. The lowest BCUT2D eigenvalue weighted by atomic mass is 9.93. The molecule has 0 aliphatic carbocycles. The van der Waals surface area contributed by atoms with Gasteiger partial charge in [0.05, 0.1) is 12.3 Å². The predicted octanol–water partition coefficient (Wildman–Crippen LogP) is 0.877. The Labute approximate surface area is 138 Å². The molecular weight excluding hydrogens is 312 g/mol. The molecule has 0 saturated carbocycles. The minimum absolute atomic E-state index is 0.223. The molecule has 1 aliphatic rings. The number of rotatable bonds is 5. The maximum absolute atomic E-state index is 12.5. The Morgan fingerprint density at radius 1 is 1.42 bits per heavy atom. The van der Waals surface area contributed by atoms with Crippen molar-refractivity contribution in [2.75, 3.05) is 13.2 Å². The van der Waals surface area contributed by atoms with E-state index in [-0.39, 0.29) is 5.92 Å². The number of carbonyl (C=O) groups excluding carboxylic acids is 1. The SMILES string of the molecule is O=C(N[C@@H](C(=O)O)[C@H]1CCCOC1)c1cccc(-n2cncn2)c1. The van der Waals surface area contributed by atoms with Crippen molar-refractivity contribution in [3.63, 3.8) is 0 Å². The fourth-order valence-electron chi connectivity index (χ4n) is 2.77. The number of hydrogen-bond acceptors (Lipinski definition) is 5. The highest BCUT2D eigenvalue weighted by atomic mass is 16.5. The zero-order valence-electron chi connectivity index (χ0n) is 13.0. The molecule has 2 N–H and O–H groups in total. The van der Waals surface area contributed by atoms with Crippen LogP contribution in [0.5, 0.6) is 0 Å². The molecule has 0 spiro atoms. The Kier molecular flexibility index (Phi) is 4.85. The van der Waals surface area contributed by atoms with Gasteiger partial charge in [-0.1, -0.05) is 6.07 Å². The number of carboxylic acid groups (broad SMARTS) is 1. The minimum atomic E-state index is -1.05. The van der Waals surface area contributed by atoms with E-state index in [0.29, 0.717) is 24.5 Å². The fourth-order valence-corrected chi connectivity index (χ4v) is 2.77. The summed E-state index contributed by atoms with van der Waals surface area (Å²) in [5.74, 6) is -1.71. The lowest BCUT2D eigenvalue weighted by Crippen LogP contribution is -2.48. The van der Waals surface area contributed by atoms with Crippen LogP contribution in [0.3, 0.4) is 0 Å². The smallest absolute Gasteiger partial charge is 0.326 e. The van der Waals surface area contributed by atoms with Gasteiger partial charge < -0.3 is 15.2 Å². The number of aromatic nitrogens is 3. The highest BCUT2D eigenvalue weighted by Crippen LogP contribution is 2.18. The molecule has 1 aliphatic heterocycles. The number of carboxylic acids is 1. The first-order valence-corrected chi connectivity index (χ1v) is 7.71. The normalized spacial score (nSPS) is 18.8. The van der Waals surface area contributed by atoms with Crippen LogP contribution >= 0.6 is 0 Å². The van der Waals surface area contributed by atoms with Gasteiger partial charge in [0.15, 0.2) is 0 Å². The van der Waals surface area contributed by atoms with Crippen molar-refractivity contribution in [2.45, 2.75) is 18.9 Å². The Bertz CT molecular complexity index is 711. The average molecular weight is 330 g/mol. The maximum atomic E-state index is 12.5. The molecule has 0 bridgehead atoms. The van der Waals surface area contributed by atoms with Gasteiger partial charge in [-0.15, -0.1) is 0 Å². The molecule has 8 heteroatoms. The summed E-state index contributed by atoms with van der Waals surface area (Å²) in [6.07, 6.45) is 4.44. The number of nitrogens with zero attached hydrogens (tertiary/aromatic N) is 3. The van der Waals surface area contributed by atoms with E-state index in [1.165, 1.54) is 17.3 Å². The van der Waals surface area contributed by atoms with Crippen molar-refractivity contribution in [3.8, 4) is 5.69 Å². The van der Waals surface area contributed by atoms with Gasteiger partial charge in [-0.05, 0) is 31.0 Å². The van der Waals surface area contributed by atoms with E-state index < -0.39 is 17.9 Å². The molecule has 0 radical (unpaired) electrons. The van der Waals surface area contributed by atoms with Crippen LogP contribution in [0, 0.1) is 5.92 Å². The van der Waals surface area contributed by atoms with Gasteiger partial charge in [-0.25, -0.2) is 14.5 Å². The second-order valence-corrected chi connectivity index (χ2v) is 5.66. The van der Waals surface area contributed by atoms with Gasteiger partial charge in [0, 0.05) is 18.1 Å². The van der Waals surface area contributed by atoms with Gasteiger partial charge in [-0.3, -0.25) is 4.79 Å². The Morgan fingerprint density at radius 2 is 2.29 bits per heavy atom. The van der Waals surface area contributed by atoms with E-state index in [9.17, 15) is 14.7 Å². The number of amides is 1. The number of carbonyl (C=O) groups is 2. The first-order chi connectivity index (χ1) is 11.6. The molecule has 2 atom stereocenters. The zero-order valence-corrected chi connectivity index (χ0v) is 13.0. The quantitative estimate of drug-likeness (QED) is 0.843. The van der Waals surface area contributed by atoms with E-state index in [1.54, 1.807) is 24.3 Å². The third kappa shape index (κ3) is 3.60. The van der Waals surface area contributed by atoms with Crippen LogP contribution in [0.25, 0.3) is 5.69 Å². The molecule has 24 heavy (non-hydrogen) atoms. The third-order valence-electron chi connectivity index (χ3n) is 4.01. The Morgan fingerprint density at radius 3 is 2.96 bits per heavy atom. The summed E-state index contributed by atoms with van der Waals surface area (Å²) in [7, 11) is 0. The first-order valence-electron chi connectivity index (χ1n) is 7.71. The molecule has 1 aromatic carbocycles. The van der Waals surface area contributed by atoms with Crippen molar-refractivity contribution in [3.05, 3.63) is 42.5 Å². The van der Waals surface area contributed by atoms with E-state index in [2.05, 4.69) is 15.4 Å². The molecule has 1 fully saturated rings. The molecule has 2 heterocycles. The zero-order chi connectivity index (χ0) is 16.9. The van der Waals surface area contributed by atoms with Gasteiger partial charge in [0.25, 0.3) is 5.91 Å². The van der Waals surface area contributed by atoms with Crippen LogP contribution in [0.4, 0.5) is 0 Å². The summed E-state index contributed by atoms with van der Waals surface area (Å²) in [4.78, 5) is 27.9. The van der Waals surface area contributed by atoms with Gasteiger partial charge in [0.1, 0.15) is 18.7 Å². The van der Waals surface area contributed by atoms with E-state index >= 15 is 0 Å². The molecule has 8 nitrogen and oxygen atoms in total. The van der Waals surface area contributed by atoms with Crippen molar-refractivity contribution in [1.29, 1.82) is 0 Å². The predicted molar refractivity (Wildman–Crippen MR) is 83.8 cm³/mol. The summed E-state index contributed by atoms with van der Waals surface area (Å²) in [5.41, 5.74) is 1.04. The van der Waals surface area contributed by atoms with Crippen LogP contribution in [0.15, 0.2) is 36.9 Å². The highest BCUT2D eigenvalue weighted by molar-refractivity contribution is 5.97. The molecule has 0 unspecified atom stereocenters. The molecule has 1 amide bonds. The highest BCUT2D eigenvalue weighted by Gasteiger charge is 2.31. The van der Waals surface area contributed by atoms with Crippen molar-refractivity contribution < 1.29 is 19.4 Å². The first kappa shape index (κ1) is 16.1.